The summed E-state index contributed by atoms with van der Waals surface area (Å²) in [5.41, 5.74) is -0.141. The second-order valence-electron chi connectivity index (χ2n) is 6.75. The van der Waals surface area contributed by atoms with Crippen LogP contribution >= 0.6 is 27.6 Å². The number of hydrogen-bond donors (Lipinski definition) is 1. The van der Waals surface area contributed by atoms with Crippen LogP contribution in [0.5, 0.6) is 0 Å². The van der Waals surface area contributed by atoms with E-state index >= 15 is 0 Å². The van der Waals surface area contributed by atoms with Gasteiger partial charge in [-0.25, -0.2) is 0 Å². The van der Waals surface area contributed by atoms with E-state index in [1.807, 2.05) is 0 Å². The maximum atomic E-state index is 6.57. The summed E-state index contributed by atoms with van der Waals surface area (Å²) in [4.78, 5) is 0. The molecule has 0 aromatic rings. The van der Waals surface area contributed by atoms with Gasteiger partial charge in [0.2, 0.25) is 0 Å². The molecule has 0 aliphatic carbocycles. The van der Waals surface area contributed by atoms with Crippen molar-refractivity contribution in [2.75, 3.05) is 20.8 Å². The molecule has 118 valence electrons. The Labute approximate surface area is 130 Å². The average Bonchev–Trinajstić information content (AvgIpc) is 2.05. The van der Waals surface area contributed by atoms with Crippen LogP contribution in [0.25, 0.3) is 0 Å². The molecule has 0 spiro atoms. The van der Waals surface area contributed by atoms with Gasteiger partial charge in [0.1, 0.15) is 0 Å². The second-order valence-corrected chi connectivity index (χ2v) is 28.5. The Bertz CT molecular complexity index is 298. The van der Waals surface area contributed by atoms with Crippen LogP contribution in [0.2, 0.25) is 0 Å². The van der Waals surface area contributed by atoms with E-state index in [0.717, 1.165) is 6.42 Å². The van der Waals surface area contributed by atoms with E-state index in [9.17, 15) is 0 Å². The molecule has 0 bridgehead atoms. The summed E-state index contributed by atoms with van der Waals surface area (Å²) >= 11 is -4.62. The van der Waals surface area contributed by atoms with Crippen molar-refractivity contribution in [3.63, 3.8) is 0 Å². The number of ether oxygens (including phenoxy) is 2. The third kappa shape index (κ3) is 7.89. The Morgan fingerprint density at radius 2 is 1.53 bits per heavy atom. The molecule has 1 atom stereocenters. The molecule has 1 unspecified atom stereocenters. The Morgan fingerprint density at radius 3 is 1.84 bits per heavy atom. The van der Waals surface area contributed by atoms with Gasteiger partial charge in [-0.3, -0.25) is 0 Å². The molecule has 0 fully saturated rings. The molecule has 0 aromatic carbocycles. The zero-order valence-corrected chi connectivity index (χ0v) is 17.4. The zero-order valence-electron chi connectivity index (χ0n) is 12.9. The first-order chi connectivity index (χ1) is 8.21. The van der Waals surface area contributed by atoms with Gasteiger partial charge in [-0.2, -0.15) is 0 Å². The van der Waals surface area contributed by atoms with Crippen LogP contribution in [-0.4, -0.2) is 30.7 Å². The van der Waals surface area contributed by atoms with E-state index in [0.29, 0.717) is 0 Å². The normalized spacial score (nSPS) is 17.9. The van der Waals surface area contributed by atoms with Gasteiger partial charge in [-0.1, -0.05) is 0 Å². The quantitative estimate of drug-likeness (QED) is 0.621. The van der Waals surface area contributed by atoms with Gasteiger partial charge >= 0.3 is 131 Å². The third-order valence-corrected chi connectivity index (χ3v) is 13.5. The first-order valence-electron chi connectivity index (χ1n) is 6.20. The molecule has 3 nitrogen and oxygen atoms in total. The van der Waals surface area contributed by atoms with Crippen molar-refractivity contribution in [1.82, 2.24) is 3.72 Å². The standard InChI is InChI=1S/C8H18N.C4H9O2.3ClH.Nb/c1-7(2,3)6-8(4,5)9;1-5-3-4-6-2;;;;/h9H,6H2,1-5H3;3H,4H2,1-2H3;3*1H;/q-1;;;;;+4/p-3. The fourth-order valence-electron chi connectivity index (χ4n) is 2.46. The van der Waals surface area contributed by atoms with Gasteiger partial charge in [0.05, 0.1) is 0 Å². The van der Waals surface area contributed by atoms with E-state index < -0.39 is 17.2 Å². The van der Waals surface area contributed by atoms with E-state index in [2.05, 4.69) is 38.3 Å². The number of hydrogen-bond acceptors (Lipinski definition) is 3. The third-order valence-electron chi connectivity index (χ3n) is 2.52. The molecule has 0 aromatic heterocycles. The van der Waals surface area contributed by atoms with Gasteiger partial charge in [0.15, 0.2) is 0 Å². The molecule has 7 heteroatoms. The summed E-state index contributed by atoms with van der Waals surface area (Å²) in [6, 6.07) is 0. The molecule has 0 aliphatic rings. The van der Waals surface area contributed by atoms with Gasteiger partial charge in [-0.15, -0.1) is 0 Å². The van der Waals surface area contributed by atoms with Gasteiger partial charge in [0, 0.05) is 0 Å². The number of halogens is 3. The summed E-state index contributed by atoms with van der Waals surface area (Å²) in [7, 11) is 22.8. The van der Waals surface area contributed by atoms with Crippen LogP contribution < -0.4 is 3.72 Å². The summed E-state index contributed by atoms with van der Waals surface area (Å²) in [6.45, 7) is 10.9. The van der Waals surface area contributed by atoms with Crippen LogP contribution in [0.4, 0.5) is 0 Å². The van der Waals surface area contributed by atoms with Gasteiger partial charge in [0.25, 0.3) is 0 Å². The molecular formula is C12H27Cl3NNbO2. The summed E-state index contributed by atoms with van der Waals surface area (Å²) in [5.74, 6) is 0. The minimum atomic E-state index is -4.62. The van der Waals surface area contributed by atoms with E-state index in [-0.39, 0.29) is 17.6 Å². The number of methoxy groups -OCH3 is 2. The molecule has 0 rings (SSSR count). The molecule has 0 heterocycles. The molecule has 0 saturated carbocycles. The minimum absolute atomic E-state index is 0.141. The van der Waals surface area contributed by atoms with Crippen LogP contribution in [0.1, 0.15) is 41.0 Å². The maximum absolute atomic E-state index is 6.57. The van der Waals surface area contributed by atoms with Crippen molar-refractivity contribution < 1.29 is 22.3 Å². The number of rotatable bonds is 7. The average molecular weight is 417 g/mol. The predicted octanol–water partition coefficient (Wildman–Crippen LogP) is 4.48. The van der Waals surface area contributed by atoms with Crippen molar-refractivity contribution in [3.05, 3.63) is 0 Å². The van der Waals surface area contributed by atoms with Crippen molar-refractivity contribution in [3.8, 4) is 0 Å². The summed E-state index contributed by atoms with van der Waals surface area (Å²) in [6.07, 6.45) is 0.886. The van der Waals surface area contributed by atoms with Crippen LogP contribution in [-0.2, 0) is 22.3 Å². The Morgan fingerprint density at radius 1 is 1.05 bits per heavy atom. The van der Waals surface area contributed by atoms with E-state index in [4.69, 9.17) is 37.0 Å². The fourth-order valence-corrected chi connectivity index (χ4v) is 13.8. The van der Waals surface area contributed by atoms with Crippen molar-refractivity contribution >= 4 is 27.6 Å². The molecule has 0 amide bonds. The summed E-state index contributed by atoms with van der Waals surface area (Å²) < 4.78 is 13.2. The Hall–Kier alpha value is 1.49. The Kier molecular flexibility index (Phi) is 7.25. The Balaban J connectivity index is 5.08. The van der Waals surface area contributed by atoms with E-state index in [1.165, 1.54) is 0 Å². The molecule has 19 heavy (non-hydrogen) atoms. The molecule has 0 radical (unpaired) electrons. The topological polar surface area (TPSA) is 30.5 Å². The predicted molar refractivity (Wildman–Crippen MR) is 81.5 cm³/mol. The van der Waals surface area contributed by atoms with Crippen molar-refractivity contribution in [1.29, 1.82) is 0 Å². The monoisotopic (exact) mass is 415 g/mol. The van der Waals surface area contributed by atoms with E-state index in [1.54, 1.807) is 14.2 Å². The first kappa shape index (κ1) is 20.5. The fraction of sp³-hybridized carbons (Fsp3) is 1.00. The van der Waals surface area contributed by atoms with Crippen LogP contribution in [0, 0.1) is 5.41 Å². The first-order valence-corrected chi connectivity index (χ1v) is 17.1. The molecule has 0 saturated heterocycles. The zero-order chi connectivity index (χ0) is 15.6. The van der Waals surface area contributed by atoms with Gasteiger partial charge in [-0.05, 0) is 0 Å². The molecule has 1 N–H and O–H groups in total. The molecular weight excluding hydrogens is 389 g/mol. The SMILES string of the molecule is COC[CH](OC)[Nb]([Cl])([Cl])([Cl])[NH]C(C)(C)CC(C)(C)C. The summed E-state index contributed by atoms with van der Waals surface area (Å²) in [5, 5.41) is 0. The second kappa shape index (κ2) is 6.72. The van der Waals surface area contributed by atoms with Crippen LogP contribution in [0.3, 0.4) is 0 Å². The number of nitrogens with one attached hydrogen (secondary N) is 1. The van der Waals surface area contributed by atoms with Gasteiger partial charge < -0.3 is 0 Å². The van der Waals surface area contributed by atoms with Crippen molar-refractivity contribution in [2.24, 2.45) is 5.41 Å². The molecule has 0 aliphatic heterocycles. The van der Waals surface area contributed by atoms with Crippen molar-refractivity contribution in [2.45, 2.75) is 50.9 Å². The van der Waals surface area contributed by atoms with Crippen LogP contribution in [0.15, 0.2) is 0 Å².